The Morgan fingerprint density at radius 1 is 1.03 bits per heavy atom. The van der Waals surface area contributed by atoms with Gasteiger partial charge in [-0.3, -0.25) is 0 Å². The Labute approximate surface area is 187 Å². The van der Waals surface area contributed by atoms with E-state index < -0.39 is 5.97 Å². The van der Waals surface area contributed by atoms with Gasteiger partial charge in [0.15, 0.2) is 6.61 Å². The fraction of sp³-hybridized carbons (Fsp3) is 0.0870. The van der Waals surface area contributed by atoms with E-state index in [0.29, 0.717) is 10.8 Å². The normalized spacial score (nSPS) is 11.3. The molecule has 0 aliphatic carbocycles. The van der Waals surface area contributed by atoms with Crippen LogP contribution in [0.15, 0.2) is 88.2 Å². The molecule has 0 aromatic heterocycles. The van der Waals surface area contributed by atoms with E-state index >= 15 is 0 Å². The molecular weight excluding hydrogens is 472 g/mol. The van der Waals surface area contributed by atoms with Gasteiger partial charge in [-0.2, -0.15) is 0 Å². The van der Waals surface area contributed by atoms with Crippen molar-refractivity contribution in [2.24, 2.45) is 0 Å². The average molecular weight is 490 g/mol. The first-order chi connectivity index (χ1) is 14.0. The molecule has 1 N–H and O–H groups in total. The number of aliphatic carboxylic acids is 1. The molecule has 3 aromatic carbocycles. The van der Waals surface area contributed by atoms with Crippen LogP contribution in [0.4, 0.5) is 0 Å². The Morgan fingerprint density at radius 3 is 2.48 bits per heavy atom. The zero-order valence-electron chi connectivity index (χ0n) is 15.3. The number of carbonyl (C=O) groups is 1. The Kier molecular flexibility index (Phi) is 7.81. The van der Waals surface area contributed by atoms with E-state index in [2.05, 4.69) is 40.2 Å². The number of carboxylic acid groups (broad SMARTS) is 1. The minimum atomic E-state index is -1.00. The van der Waals surface area contributed by atoms with Crippen molar-refractivity contribution < 1.29 is 14.6 Å². The van der Waals surface area contributed by atoms with Crippen LogP contribution in [0.1, 0.15) is 11.1 Å². The van der Waals surface area contributed by atoms with Gasteiger partial charge in [-0.25, -0.2) is 4.79 Å². The van der Waals surface area contributed by atoms with E-state index in [1.54, 1.807) is 17.8 Å². The van der Waals surface area contributed by atoms with E-state index in [4.69, 9.17) is 21.4 Å². The monoisotopic (exact) mass is 488 g/mol. The maximum Gasteiger partial charge on any atom is 0.341 e. The predicted molar refractivity (Wildman–Crippen MR) is 123 cm³/mol. The molecule has 0 amide bonds. The highest BCUT2D eigenvalue weighted by Gasteiger charge is 2.07. The Morgan fingerprint density at radius 2 is 1.79 bits per heavy atom. The molecule has 3 rings (SSSR count). The molecule has 29 heavy (non-hydrogen) atoms. The summed E-state index contributed by atoms with van der Waals surface area (Å²) in [5.74, 6) is 0.268. The van der Waals surface area contributed by atoms with Gasteiger partial charge in [0.1, 0.15) is 5.75 Å². The van der Waals surface area contributed by atoms with Crippen molar-refractivity contribution in [1.29, 1.82) is 0 Å². The molecule has 0 aliphatic heterocycles. The lowest BCUT2D eigenvalue weighted by molar-refractivity contribution is -0.139. The number of ether oxygens (including phenoxy) is 1. The van der Waals surface area contributed by atoms with Crippen molar-refractivity contribution in [2.75, 3.05) is 12.4 Å². The molecule has 0 saturated heterocycles. The van der Waals surface area contributed by atoms with Crippen LogP contribution in [0, 0.1) is 0 Å². The van der Waals surface area contributed by atoms with Crippen molar-refractivity contribution in [3.8, 4) is 5.75 Å². The first-order valence-corrected chi connectivity index (χ1v) is 11.0. The summed E-state index contributed by atoms with van der Waals surface area (Å²) in [6, 6.07) is 23.7. The second-order valence-electron chi connectivity index (χ2n) is 6.08. The van der Waals surface area contributed by atoms with Gasteiger partial charge in [-0.1, -0.05) is 60.1 Å². The molecule has 3 aromatic rings. The molecular formula is C23H18BrClO3S. The molecule has 0 aliphatic rings. The van der Waals surface area contributed by atoms with Crippen LogP contribution in [-0.2, 0) is 4.79 Å². The third-order valence-corrected chi connectivity index (χ3v) is 5.79. The lowest BCUT2D eigenvalue weighted by atomic mass is 9.98. The van der Waals surface area contributed by atoms with Gasteiger partial charge >= 0.3 is 5.97 Å². The fourth-order valence-electron chi connectivity index (χ4n) is 2.73. The van der Waals surface area contributed by atoms with Crippen molar-refractivity contribution in [3.63, 3.8) is 0 Å². The van der Waals surface area contributed by atoms with Gasteiger partial charge in [0, 0.05) is 15.7 Å². The topological polar surface area (TPSA) is 46.5 Å². The van der Waals surface area contributed by atoms with Gasteiger partial charge < -0.3 is 9.84 Å². The summed E-state index contributed by atoms with van der Waals surface area (Å²) in [4.78, 5) is 11.7. The second kappa shape index (κ2) is 10.5. The highest BCUT2D eigenvalue weighted by molar-refractivity contribution is 9.10. The SMILES string of the molecule is O=C(O)COc1ccc(SC/C=C(/c2ccccc2)c2cccc(Cl)c2)cc1Br. The molecule has 148 valence electrons. The molecule has 0 heterocycles. The van der Waals surface area contributed by atoms with Crippen molar-refractivity contribution in [3.05, 3.63) is 99.5 Å². The van der Waals surface area contributed by atoms with E-state index in [-0.39, 0.29) is 6.61 Å². The third kappa shape index (κ3) is 6.39. The molecule has 0 spiro atoms. The minimum Gasteiger partial charge on any atom is -0.481 e. The fourth-order valence-corrected chi connectivity index (χ4v) is 4.37. The number of hydrogen-bond donors (Lipinski definition) is 1. The molecule has 0 bridgehead atoms. The quantitative estimate of drug-likeness (QED) is 0.354. The molecule has 6 heteroatoms. The van der Waals surface area contributed by atoms with Crippen molar-refractivity contribution >= 4 is 50.8 Å². The first kappa shape index (κ1) is 21.5. The number of benzene rings is 3. The van der Waals surface area contributed by atoms with Gasteiger partial charge in [0.2, 0.25) is 0 Å². The van der Waals surface area contributed by atoms with Crippen LogP contribution in [0.5, 0.6) is 5.75 Å². The lowest BCUT2D eigenvalue weighted by Crippen LogP contribution is -2.09. The van der Waals surface area contributed by atoms with E-state index in [1.165, 1.54) is 0 Å². The maximum absolute atomic E-state index is 10.7. The summed E-state index contributed by atoms with van der Waals surface area (Å²) in [5.41, 5.74) is 3.33. The molecule has 3 nitrogen and oxygen atoms in total. The van der Waals surface area contributed by atoms with Crippen LogP contribution in [0.2, 0.25) is 5.02 Å². The van der Waals surface area contributed by atoms with E-state index in [9.17, 15) is 4.79 Å². The smallest absolute Gasteiger partial charge is 0.341 e. The van der Waals surface area contributed by atoms with Crippen molar-refractivity contribution in [2.45, 2.75) is 4.90 Å². The molecule has 0 radical (unpaired) electrons. The zero-order chi connectivity index (χ0) is 20.6. The summed E-state index contributed by atoms with van der Waals surface area (Å²) < 4.78 is 5.97. The maximum atomic E-state index is 10.7. The van der Waals surface area contributed by atoms with Crippen LogP contribution in [-0.4, -0.2) is 23.4 Å². The van der Waals surface area contributed by atoms with Crippen LogP contribution in [0.25, 0.3) is 5.57 Å². The number of hydrogen-bond acceptors (Lipinski definition) is 3. The van der Waals surface area contributed by atoms with Gasteiger partial charge in [0.25, 0.3) is 0 Å². The summed E-state index contributed by atoms with van der Waals surface area (Å²) >= 11 is 11.3. The molecule has 0 atom stereocenters. The second-order valence-corrected chi connectivity index (χ2v) is 8.46. The largest absolute Gasteiger partial charge is 0.481 e. The van der Waals surface area contributed by atoms with Gasteiger partial charge in [-0.15, -0.1) is 11.8 Å². The number of halogens is 2. The number of rotatable bonds is 8. The van der Waals surface area contributed by atoms with Crippen molar-refractivity contribution in [1.82, 2.24) is 0 Å². The Balaban J connectivity index is 1.76. The lowest BCUT2D eigenvalue weighted by Gasteiger charge is -2.10. The molecule has 0 saturated carbocycles. The minimum absolute atomic E-state index is 0.367. The number of thioether (sulfide) groups is 1. The molecule has 0 unspecified atom stereocenters. The van der Waals surface area contributed by atoms with Crippen LogP contribution in [0.3, 0.4) is 0 Å². The highest BCUT2D eigenvalue weighted by atomic mass is 79.9. The average Bonchev–Trinajstić information content (AvgIpc) is 2.71. The molecule has 0 fully saturated rings. The number of carboxylic acids is 1. The first-order valence-electron chi connectivity index (χ1n) is 8.81. The van der Waals surface area contributed by atoms with Gasteiger partial charge in [-0.05, 0) is 63.0 Å². The standard InChI is InChI=1S/C23H18BrClO3S/c24-21-14-19(9-10-22(21)28-15-23(26)27)29-12-11-20(16-5-2-1-3-6-16)17-7-4-8-18(25)13-17/h1-11,13-14H,12,15H2,(H,26,27)/b20-11-. The van der Waals surface area contributed by atoms with E-state index in [1.807, 2.05) is 48.5 Å². The van der Waals surface area contributed by atoms with Gasteiger partial charge in [0.05, 0.1) is 4.47 Å². The highest BCUT2D eigenvalue weighted by Crippen LogP contribution is 2.32. The Bertz CT molecular complexity index is 1020. The zero-order valence-corrected chi connectivity index (χ0v) is 18.5. The summed E-state index contributed by atoms with van der Waals surface area (Å²) in [7, 11) is 0. The van der Waals surface area contributed by atoms with E-state index in [0.717, 1.165) is 31.8 Å². The van der Waals surface area contributed by atoms with Crippen LogP contribution < -0.4 is 4.74 Å². The summed E-state index contributed by atoms with van der Waals surface area (Å²) in [6.07, 6.45) is 2.19. The Hall–Kier alpha value is -2.21. The summed E-state index contributed by atoms with van der Waals surface area (Å²) in [6.45, 7) is -0.367. The van der Waals surface area contributed by atoms with Crippen LogP contribution >= 0.6 is 39.3 Å². The summed E-state index contributed by atoms with van der Waals surface area (Å²) in [5, 5.41) is 9.44. The third-order valence-electron chi connectivity index (χ3n) is 4.01. The predicted octanol–water partition coefficient (Wildman–Crippen LogP) is 6.79.